The molecule has 1 saturated heterocycles. The number of fused-ring (bicyclic) bond motifs is 1. The molecular weight excluding hydrogens is 250 g/mol. The summed E-state index contributed by atoms with van der Waals surface area (Å²) in [7, 11) is 1.61. The van der Waals surface area contributed by atoms with E-state index in [-0.39, 0.29) is 25.0 Å². The molecule has 8 nitrogen and oxygen atoms in total. The molecule has 3 rings (SSSR count). The van der Waals surface area contributed by atoms with Crippen molar-refractivity contribution in [1.29, 1.82) is 0 Å². The Morgan fingerprint density at radius 2 is 2.37 bits per heavy atom. The molecule has 0 amide bonds. The lowest BCUT2D eigenvalue weighted by atomic mass is 10.2. The number of methoxy groups -OCH3 is 1. The number of nitrogens with zero attached hydrogens (tertiary/aromatic N) is 4. The van der Waals surface area contributed by atoms with E-state index in [1.165, 1.54) is 6.33 Å². The van der Waals surface area contributed by atoms with Crippen molar-refractivity contribution in [3.05, 3.63) is 12.7 Å². The first-order valence-electron chi connectivity index (χ1n) is 5.96. The number of aliphatic hydroxyl groups excluding tert-OH is 1. The third-order valence-electron chi connectivity index (χ3n) is 3.31. The smallest absolute Gasteiger partial charge is 0.167 e. The predicted octanol–water partition coefficient (Wildman–Crippen LogP) is -0.297. The summed E-state index contributed by atoms with van der Waals surface area (Å²) >= 11 is 0. The van der Waals surface area contributed by atoms with E-state index in [1.54, 1.807) is 18.0 Å². The summed E-state index contributed by atoms with van der Waals surface area (Å²) in [6.07, 6.45) is 2.83. The van der Waals surface area contributed by atoms with E-state index in [2.05, 4.69) is 15.0 Å². The molecule has 3 N–H and O–H groups in total. The number of anilines is 1. The highest BCUT2D eigenvalue weighted by Crippen LogP contribution is 2.32. The molecule has 0 aromatic carbocycles. The maximum Gasteiger partial charge on any atom is 0.167 e. The minimum absolute atomic E-state index is 0.0416. The van der Waals surface area contributed by atoms with E-state index >= 15 is 0 Å². The molecular formula is C11H15N5O3. The maximum absolute atomic E-state index is 9.20. The molecule has 2 aromatic rings. The number of aliphatic hydroxyl groups is 1. The molecule has 1 aliphatic heterocycles. The molecule has 0 aliphatic carbocycles. The molecule has 1 fully saturated rings. The van der Waals surface area contributed by atoms with Crippen molar-refractivity contribution >= 4 is 17.0 Å². The number of imidazole rings is 1. The van der Waals surface area contributed by atoms with Crippen LogP contribution in [0, 0.1) is 0 Å². The van der Waals surface area contributed by atoms with E-state index in [9.17, 15) is 5.11 Å². The highest BCUT2D eigenvalue weighted by molar-refractivity contribution is 5.81. The summed E-state index contributed by atoms with van der Waals surface area (Å²) in [5, 5.41) is 9.20. The minimum atomic E-state index is -0.374. The fraction of sp³-hybridized carbons (Fsp3) is 0.545. The van der Waals surface area contributed by atoms with Crippen molar-refractivity contribution in [2.75, 3.05) is 19.5 Å². The summed E-state index contributed by atoms with van der Waals surface area (Å²) in [6.45, 7) is -0.0416. The van der Waals surface area contributed by atoms with Gasteiger partial charge in [-0.1, -0.05) is 0 Å². The number of ether oxygens (including phenoxy) is 2. The predicted molar refractivity (Wildman–Crippen MR) is 66.1 cm³/mol. The number of aromatic nitrogens is 4. The van der Waals surface area contributed by atoms with Crippen LogP contribution in [0.5, 0.6) is 0 Å². The van der Waals surface area contributed by atoms with Crippen molar-refractivity contribution < 1.29 is 14.6 Å². The monoisotopic (exact) mass is 265 g/mol. The topological polar surface area (TPSA) is 108 Å². The van der Waals surface area contributed by atoms with Gasteiger partial charge in [0.05, 0.1) is 19.0 Å². The van der Waals surface area contributed by atoms with Crippen molar-refractivity contribution in [3.63, 3.8) is 0 Å². The second-order valence-electron chi connectivity index (χ2n) is 4.42. The Hall–Kier alpha value is -1.77. The number of rotatable bonds is 3. The van der Waals surface area contributed by atoms with Crippen LogP contribution in [0.3, 0.4) is 0 Å². The van der Waals surface area contributed by atoms with E-state index < -0.39 is 0 Å². The van der Waals surface area contributed by atoms with E-state index in [4.69, 9.17) is 15.2 Å². The van der Waals surface area contributed by atoms with Gasteiger partial charge in [-0.3, -0.25) is 4.57 Å². The lowest BCUT2D eigenvalue weighted by Crippen LogP contribution is -2.21. The van der Waals surface area contributed by atoms with Gasteiger partial charge in [0.15, 0.2) is 17.7 Å². The van der Waals surface area contributed by atoms with Gasteiger partial charge in [0.2, 0.25) is 0 Å². The zero-order chi connectivity index (χ0) is 13.4. The molecule has 3 atom stereocenters. The van der Waals surface area contributed by atoms with Crippen molar-refractivity contribution in [3.8, 4) is 0 Å². The van der Waals surface area contributed by atoms with Crippen molar-refractivity contribution in [2.24, 2.45) is 0 Å². The number of hydrogen-bond donors (Lipinski definition) is 2. The third kappa shape index (κ3) is 1.93. The largest absolute Gasteiger partial charge is 0.394 e. The number of nitrogen functional groups attached to an aromatic ring is 1. The minimum Gasteiger partial charge on any atom is -0.394 e. The van der Waals surface area contributed by atoms with Gasteiger partial charge < -0.3 is 20.3 Å². The van der Waals surface area contributed by atoms with Gasteiger partial charge in [-0.2, -0.15) is 0 Å². The van der Waals surface area contributed by atoms with Gasteiger partial charge in [-0.15, -0.1) is 0 Å². The first-order chi connectivity index (χ1) is 9.24. The quantitative estimate of drug-likeness (QED) is 0.784. The fourth-order valence-corrected chi connectivity index (χ4v) is 2.35. The molecule has 102 valence electrons. The molecule has 2 aromatic heterocycles. The zero-order valence-corrected chi connectivity index (χ0v) is 10.4. The van der Waals surface area contributed by atoms with E-state index in [0.29, 0.717) is 23.4 Å². The van der Waals surface area contributed by atoms with Gasteiger partial charge in [-0.25, -0.2) is 15.0 Å². The summed E-state index contributed by atoms with van der Waals surface area (Å²) < 4.78 is 12.9. The Balaban J connectivity index is 2.02. The van der Waals surface area contributed by atoms with Crippen molar-refractivity contribution in [2.45, 2.75) is 24.9 Å². The molecule has 0 bridgehead atoms. The zero-order valence-electron chi connectivity index (χ0n) is 10.4. The van der Waals surface area contributed by atoms with E-state index in [0.717, 1.165) is 0 Å². The highest BCUT2D eigenvalue weighted by Gasteiger charge is 2.37. The molecule has 0 saturated carbocycles. The normalized spacial score (nSPS) is 27.2. The van der Waals surface area contributed by atoms with Gasteiger partial charge >= 0.3 is 0 Å². The molecule has 19 heavy (non-hydrogen) atoms. The second kappa shape index (κ2) is 4.72. The fourth-order valence-electron chi connectivity index (χ4n) is 2.35. The van der Waals surface area contributed by atoms with Crippen LogP contribution in [0.15, 0.2) is 12.7 Å². The molecule has 0 spiro atoms. The lowest BCUT2D eigenvalue weighted by molar-refractivity contribution is -0.0583. The molecule has 3 heterocycles. The van der Waals surface area contributed by atoms with Crippen LogP contribution in [-0.4, -0.2) is 50.6 Å². The van der Waals surface area contributed by atoms with Gasteiger partial charge in [-0.05, 0) is 0 Å². The average molecular weight is 265 g/mol. The lowest BCUT2D eigenvalue weighted by Gasteiger charge is -2.18. The van der Waals surface area contributed by atoms with Crippen LogP contribution >= 0.6 is 0 Å². The number of hydrogen-bond acceptors (Lipinski definition) is 7. The Labute approximate surface area is 109 Å². The summed E-state index contributed by atoms with van der Waals surface area (Å²) in [5.74, 6) is 0.328. The van der Waals surface area contributed by atoms with Crippen molar-refractivity contribution in [1.82, 2.24) is 19.5 Å². The Morgan fingerprint density at radius 3 is 3.11 bits per heavy atom. The standard InChI is InChI=1S/C11H15N5O3/c1-18-7-2-6(3-17)19-11(7)16-5-15-8-9(12)13-4-14-10(8)16/h4-7,11,17H,2-3H2,1H3,(H2,12,13,14)/t6-,7+,11+/m0/s1. The average Bonchev–Trinajstić information content (AvgIpc) is 3.02. The van der Waals surface area contributed by atoms with Gasteiger partial charge in [0.1, 0.15) is 17.9 Å². The second-order valence-corrected chi connectivity index (χ2v) is 4.42. The van der Waals surface area contributed by atoms with Crippen LogP contribution in [-0.2, 0) is 9.47 Å². The van der Waals surface area contributed by atoms with E-state index in [1.807, 2.05) is 0 Å². The summed E-state index contributed by atoms with van der Waals surface area (Å²) in [5.41, 5.74) is 6.88. The first-order valence-corrected chi connectivity index (χ1v) is 5.96. The molecule has 8 heteroatoms. The van der Waals surface area contributed by atoms with Gasteiger partial charge in [0, 0.05) is 13.5 Å². The Morgan fingerprint density at radius 1 is 1.53 bits per heavy atom. The maximum atomic E-state index is 9.20. The SMILES string of the molecule is CO[C@@H]1C[C@@H](CO)O[C@H]1n1cnc2c(N)ncnc21. The summed E-state index contributed by atoms with van der Waals surface area (Å²) in [4.78, 5) is 12.3. The molecule has 0 unspecified atom stereocenters. The van der Waals surface area contributed by atoms with Gasteiger partial charge in [0.25, 0.3) is 0 Å². The molecule has 1 aliphatic rings. The van der Waals surface area contributed by atoms with Crippen LogP contribution in [0.1, 0.15) is 12.6 Å². The number of nitrogens with two attached hydrogens (primary N) is 1. The van der Waals surface area contributed by atoms with Crippen LogP contribution in [0.2, 0.25) is 0 Å². The van der Waals surface area contributed by atoms with Crippen LogP contribution in [0.4, 0.5) is 5.82 Å². The Bertz CT molecular complexity index is 587. The Kier molecular flexibility index (Phi) is 3.05. The van der Waals surface area contributed by atoms with Crippen LogP contribution in [0.25, 0.3) is 11.2 Å². The molecule has 0 radical (unpaired) electrons. The third-order valence-corrected chi connectivity index (χ3v) is 3.31. The highest BCUT2D eigenvalue weighted by atomic mass is 16.6. The first kappa shape index (κ1) is 12.3. The summed E-state index contributed by atoms with van der Waals surface area (Å²) in [6, 6.07) is 0. The van der Waals surface area contributed by atoms with Crippen LogP contribution < -0.4 is 5.73 Å².